The van der Waals surface area contributed by atoms with Gasteiger partial charge in [-0.1, -0.05) is 37.6 Å². The number of piperazine rings is 1. The lowest BCUT2D eigenvalue weighted by molar-refractivity contribution is 0.0903. The summed E-state index contributed by atoms with van der Waals surface area (Å²) in [5.74, 6) is 1.78. The number of nitrogens with one attached hydrogen (secondary N) is 1. The van der Waals surface area contributed by atoms with Crippen molar-refractivity contribution < 1.29 is 14.6 Å². The number of anilines is 1. The fraction of sp³-hybridized carbons (Fsp3) is 0.345. The van der Waals surface area contributed by atoms with Gasteiger partial charge in [0.15, 0.2) is 0 Å². The van der Waals surface area contributed by atoms with E-state index in [1.165, 1.54) is 0 Å². The molecule has 206 valence electrons. The predicted molar refractivity (Wildman–Crippen MR) is 160 cm³/mol. The Bertz CT molecular complexity index is 1180. The molecule has 2 atom stereocenters. The van der Waals surface area contributed by atoms with Crippen molar-refractivity contribution in [1.82, 2.24) is 10.2 Å². The number of halogens is 3. The monoisotopic (exact) mass is 579 g/mol. The number of ether oxygens (including phenoxy) is 1. The quantitative estimate of drug-likeness (QED) is 0.312. The van der Waals surface area contributed by atoms with Crippen molar-refractivity contribution in [1.29, 1.82) is 0 Å². The molecule has 3 aromatic rings. The van der Waals surface area contributed by atoms with Crippen LogP contribution in [0, 0.1) is 5.92 Å². The third-order valence-electron chi connectivity index (χ3n) is 6.60. The molecule has 0 bridgehead atoms. The highest BCUT2D eigenvalue weighted by Gasteiger charge is 2.27. The number of nitrogens with zero attached hydrogens (tertiary/aromatic N) is 2. The van der Waals surface area contributed by atoms with Gasteiger partial charge in [-0.2, -0.15) is 0 Å². The zero-order chi connectivity index (χ0) is 25.7. The minimum Gasteiger partial charge on any atom is -0.508 e. The van der Waals surface area contributed by atoms with E-state index in [0.717, 1.165) is 31.9 Å². The van der Waals surface area contributed by atoms with E-state index in [1.54, 1.807) is 42.5 Å². The molecule has 0 aliphatic carbocycles. The summed E-state index contributed by atoms with van der Waals surface area (Å²) in [7, 11) is 0. The van der Waals surface area contributed by atoms with Gasteiger partial charge in [0.25, 0.3) is 5.91 Å². The van der Waals surface area contributed by atoms with Crippen LogP contribution in [0.5, 0.6) is 17.2 Å². The first kappa shape index (κ1) is 31.6. The van der Waals surface area contributed by atoms with E-state index in [4.69, 9.17) is 16.3 Å². The molecule has 1 fully saturated rings. The Morgan fingerprint density at radius 2 is 1.74 bits per heavy atom. The van der Waals surface area contributed by atoms with Crippen LogP contribution in [0.1, 0.15) is 31.1 Å². The molecule has 0 saturated carbocycles. The Labute approximate surface area is 242 Å². The van der Waals surface area contributed by atoms with Crippen LogP contribution in [-0.4, -0.2) is 54.2 Å². The Morgan fingerprint density at radius 3 is 2.37 bits per heavy atom. The maximum absolute atomic E-state index is 13.0. The lowest BCUT2D eigenvalue weighted by atomic mass is 10.0. The average molecular weight is 581 g/mol. The van der Waals surface area contributed by atoms with Crippen LogP contribution in [0.15, 0.2) is 72.8 Å². The van der Waals surface area contributed by atoms with E-state index in [2.05, 4.69) is 35.9 Å². The summed E-state index contributed by atoms with van der Waals surface area (Å²) in [6.45, 7) is 9.93. The molecule has 0 spiro atoms. The Kier molecular flexibility index (Phi) is 12.0. The number of amides is 1. The Hall–Kier alpha value is -2.64. The van der Waals surface area contributed by atoms with E-state index < -0.39 is 0 Å². The molecule has 38 heavy (non-hydrogen) atoms. The third kappa shape index (κ3) is 8.43. The fourth-order valence-corrected chi connectivity index (χ4v) is 4.73. The number of carbonyl (C=O) groups is 1. The minimum atomic E-state index is -0.0885. The topological polar surface area (TPSA) is 65.0 Å². The van der Waals surface area contributed by atoms with E-state index >= 15 is 0 Å². The second-order valence-corrected chi connectivity index (χ2v) is 10.2. The lowest BCUT2D eigenvalue weighted by Gasteiger charge is -2.42. The number of hydrogen-bond acceptors (Lipinski definition) is 5. The van der Waals surface area contributed by atoms with Crippen molar-refractivity contribution in [2.75, 3.05) is 31.1 Å². The van der Waals surface area contributed by atoms with Gasteiger partial charge >= 0.3 is 0 Å². The van der Waals surface area contributed by atoms with Gasteiger partial charge in [0.05, 0.1) is 0 Å². The number of aromatic hydroxyl groups is 1. The maximum atomic E-state index is 13.0. The minimum absolute atomic E-state index is 0. The first-order chi connectivity index (χ1) is 17.3. The SMILES string of the molecule is CC(C)[C@@H](CN1CCN(c2cccc(O)c2)[C@@H](C)C1)NC(=O)c1ccc(Oc2cccc(Cl)c2)cc1.Cl.Cl. The molecule has 1 amide bonds. The van der Waals surface area contributed by atoms with Crippen LogP contribution in [0.3, 0.4) is 0 Å². The van der Waals surface area contributed by atoms with Gasteiger partial charge in [-0.05, 0) is 67.4 Å². The predicted octanol–water partition coefficient (Wildman–Crippen LogP) is 6.65. The standard InChI is InChI=1S/C29H34ClN3O3.2ClH/c1-20(2)28(19-32-14-15-33(21(3)18-32)24-7-5-8-25(34)17-24)31-29(35)22-10-12-26(13-11-22)36-27-9-4-6-23(30)16-27;;/h4-13,16-17,20-21,28,34H,14-15,18-19H2,1-3H3,(H,31,35);2*1H/t21-,28+;;/m0../s1. The van der Waals surface area contributed by atoms with Gasteiger partial charge in [0, 0.05) is 60.6 Å². The summed E-state index contributed by atoms with van der Waals surface area (Å²) in [4.78, 5) is 17.8. The summed E-state index contributed by atoms with van der Waals surface area (Å²) in [6.07, 6.45) is 0. The highest BCUT2D eigenvalue weighted by Crippen LogP contribution is 2.26. The molecule has 2 N–H and O–H groups in total. The first-order valence-corrected chi connectivity index (χ1v) is 12.8. The van der Waals surface area contributed by atoms with Gasteiger partial charge in [-0.25, -0.2) is 0 Å². The third-order valence-corrected chi connectivity index (χ3v) is 6.83. The van der Waals surface area contributed by atoms with E-state index in [-0.39, 0.29) is 42.5 Å². The molecular weight excluding hydrogens is 545 g/mol. The molecule has 1 aliphatic heterocycles. The fourth-order valence-electron chi connectivity index (χ4n) is 4.55. The molecular formula is C29H36Cl3N3O3. The van der Waals surface area contributed by atoms with Crippen molar-refractivity contribution in [3.8, 4) is 17.2 Å². The normalized spacial score (nSPS) is 16.2. The molecule has 0 aromatic heterocycles. The molecule has 0 unspecified atom stereocenters. The summed E-state index contributed by atoms with van der Waals surface area (Å²) < 4.78 is 5.83. The van der Waals surface area contributed by atoms with E-state index in [1.807, 2.05) is 30.3 Å². The van der Waals surface area contributed by atoms with Crippen molar-refractivity contribution in [3.63, 3.8) is 0 Å². The maximum Gasteiger partial charge on any atom is 0.251 e. The van der Waals surface area contributed by atoms with Crippen molar-refractivity contribution >= 4 is 48.0 Å². The van der Waals surface area contributed by atoms with Crippen molar-refractivity contribution in [2.45, 2.75) is 32.9 Å². The molecule has 0 radical (unpaired) electrons. The smallest absolute Gasteiger partial charge is 0.251 e. The zero-order valence-electron chi connectivity index (χ0n) is 21.8. The molecule has 1 heterocycles. The second kappa shape index (κ2) is 14.5. The number of benzene rings is 3. The molecule has 1 aliphatic rings. The van der Waals surface area contributed by atoms with E-state index in [0.29, 0.717) is 34.0 Å². The van der Waals surface area contributed by atoms with Crippen LogP contribution < -0.4 is 15.0 Å². The van der Waals surface area contributed by atoms with Crippen LogP contribution in [0.2, 0.25) is 5.02 Å². The molecule has 3 aromatic carbocycles. The number of rotatable bonds is 8. The van der Waals surface area contributed by atoms with E-state index in [9.17, 15) is 9.90 Å². The number of phenols is 1. The highest BCUT2D eigenvalue weighted by atomic mass is 35.5. The first-order valence-electron chi connectivity index (χ1n) is 12.4. The molecule has 1 saturated heterocycles. The number of hydrogen-bond donors (Lipinski definition) is 2. The average Bonchev–Trinajstić information content (AvgIpc) is 2.84. The summed E-state index contributed by atoms with van der Waals surface area (Å²) >= 11 is 6.02. The summed E-state index contributed by atoms with van der Waals surface area (Å²) in [5.41, 5.74) is 1.64. The van der Waals surface area contributed by atoms with Crippen molar-refractivity contribution in [3.05, 3.63) is 83.4 Å². The highest BCUT2D eigenvalue weighted by molar-refractivity contribution is 6.30. The van der Waals surface area contributed by atoms with Crippen molar-refractivity contribution in [2.24, 2.45) is 5.92 Å². The number of carbonyl (C=O) groups excluding carboxylic acids is 1. The van der Waals surface area contributed by atoms with Crippen LogP contribution in [0.25, 0.3) is 0 Å². The van der Waals surface area contributed by atoms with Crippen LogP contribution in [-0.2, 0) is 0 Å². The van der Waals surface area contributed by atoms with Gasteiger partial charge in [-0.15, -0.1) is 24.8 Å². The van der Waals surface area contributed by atoms with Gasteiger partial charge in [0.1, 0.15) is 17.2 Å². The van der Waals surface area contributed by atoms with Crippen LogP contribution >= 0.6 is 36.4 Å². The number of phenolic OH excluding ortho intramolecular Hbond substituents is 1. The largest absolute Gasteiger partial charge is 0.508 e. The van der Waals surface area contributed by atoms with Gasteiger partial charge in [-0.3, -0.25) is 9.69 Å². The lowest BCUT2D eigenvalue weighted by Crippen LogP contribution is -2.56. The molecule has 6 nitrogen and oxygen atoms in total. The molecule has 9 heteroatoms. The Balaban J connectivity index is 0.00000253. The Morgan fingerprint density at radius 1 is 1.03 bits per heavy atom. The van der Waals surface area contributed by atoms with Crippen LogP contribution in [0.4, 0.5) is 5.69 Å². The summed E-state index contributed by atoms with van der Waals surface area (Å²) in [6, 6.07) is 22.1. The second-order valence-electron chi connectivity index (χ2n) is 9.73. The zero-order valence-corrected chi connectivity index (χ0v) is 24.2. The molecule has 4 rings (SSSR count). The van der Waals surface area contributed by atoms with Gasteiger partial charge in [0.2, 0.25) is 0 Å². The van der Waals surface area contributed by atoms with Gasteiger partial charge < -0.3 is 20.1 Å². The summed E-state index contributed by atoms with van der Waals surface area (Å²) in [5, 5.41) is 13.7.